The number of pyridine rings is 1. The lowest BCUT2D eigenvalue weighted by Gasteiger charge is -2.39. The number of fused-ring (bicyclic) bond motifs is 1. The van der Waals surface area contributed by atoms with E-state index >= 15 is 0 Å². The molecule has 2 aliphatic carbocycles. The number of amides is 1. The quantitative estimate of drug-likeness (QED) is 0.494. The molecular formula is C25H37F3N3O3+. The molecule has 0 saturated heterocycles. The van der Waals surface area contributed by atoms with Crippen molar-refractivity contribution in [1.29, 1.82) is 0 Å². The maximum absolute atomic E-state index is 13.6. The van der Waals surface area contributed by atoms with Gasteiger partial charge in [-0.05, 0) is 50.0 Å². The van der Waals surface area contributed by atoms with Crippen LogP contribution in [0.2, 0.25) is 0 Å². The van der Waals surface area contributed by atoms with Gasteiger partial charge in [-0.25, -0.2) is 0 Å². The molecular weight excluding hydrogens is 447 g/mol. The third kappa shape index (κ3) is 5.05. The molecule has 1 amide bonds. The third-order valence-electron chi connectivity index (χ3n) is 8.25. The minimum atomic E-state index is -4.56. The number of halogens is 3. The van der Waals surface area contributed by atoms with Crippen molar-refractivity contribution >= 4 is 5.91 Å². The molecule has 4 unspecified atom stereocenters. The van der Waals surface area contributed by atoms with E-state index in [4.69, 9.17) is 4.74 Å². The van der Waals surface area contributed by atoms with Crippen molar-refractivity contribution in [3.63, 3.8) is 0 Å². The molecule has 2 saturated carbocycles. The van der Waals surface area contributed by atoms with Crippen LogP contribution < -0.4 is 10.0 Å². The molecule has 3 aliphatic rings. The van der Waals surface area contributed by atoms with Crippen LogP contribution in [-0.4, -0.2) is 48.4 Å². The summed E-state index contributed by atoms with van der Waals surface area (Å²) in [5, 5.41) is 13.9. The van der Waals surface area contributed by atoms with Gasteiger partial charge in [0.05, 0.1) is 19.6 Å². The number of aromatic nitrogens is 1. The van der Waals surface area contributed by atoms with Gasteiger partial charge >= 0.3 is 6.18 Å². The van der Waals surface area contributed by atoms with Crippen LogP contribution in [0.5, 0.6) is 0 Å². The number of nitrogens with one attached hydrogen (secondary N) is 1. The van der Waals surface area contributed by atoms with Crippen LogP contribution in [0.1, 0.15) is 69.2 Å². The zero-order valence-electron chi connectivity index (χ0n) is 20.3. The van der Waals surface area contributed by atoms with E-state index in [1.165, 1.54) is 12.8 Å². The maximum Gasteiger partial charge on any atom is 0.422 e. The molecule has 1 aromatic rings. The Morgan fingerprint density at radius 1 is 1.35 bits per heavy atom. The Hall–Kier alpha value is -1.87. The fourth-order valence-corrected chi connectivity index (χ4v) is 6.39. The Labute approximate surface area is 199 Å². The summed E-state index contributed by atoms with van der Waals surface area (Å²) in [6.45, 7) is 5.49. The number of carbonyl (C=O) groups excluding carboxylic acids is 1. The first kappa shape index (κ1) is 25.2. The Kier molecular flexibility index (Phi) is 7.16. The van der Waals surface area contributed by atoms with Gasteiger partial charge in [-0.15, -0.1) is 0 Å². The normalized spacial score (nSPS) is 32.0. The lowest BCUT2D eigenvalue weighted by molar-refractivity contribution is -0.910. The van der Waals surface area contributed by atoms with Crippen molar-refractivity contribution in [1.82, 2.24) is 10.2 Å². The van der Waals surface area contributed by atoms with Gasteiger partial charge in [0.1, 0.15) is 5.56 Å². The highest BCUT2D eigenvalue weighted by Gasteiger charge is 2.46. The molecule has 34 heavy (non-hydrogen) atoms. The number of carbonyl (C=O) groups is 1. The van der Waals surface area contributed by atoms with Gasteiger partial charge in [0.25, 0.3) is 0 Å². The lowest BCUT2D eigenvalue weighted by Crippen LogP contribution is -2.50. The summed E-state index contributed by atoms with van der Waals surface area (Å²) in [6.07, 6.45) is 2.42. The van der Waals surface area contributed by atoms with Gasteiger partial charge in [0, 0.05) is 41.4 Å². The Morgan fingerprint density at radius 2 is 2.12 bits per heavy atom. The van der Waals surface area contributed by atoms with Gasteiger partial charge in [-0.1, -0.05) is 20.3 Å². The molecule has 0 bridgehead atoms. The standard InChI is InChI=1S/C25H37F3N3O3/c1-16-5-4-6-17(15-34-3)22(16)29-20-7-9-24(2,12-20)23(32)30-10-8-21-18(13-30)11-19(14-31(21)33)25(26,27)28/h11,14,16-17,20,22,29,33H,4-10,12-13,15H2,1-3H3/q+1/t16?,17?,20?,22?,24-/m0/s1. The van der Waals surface area contributed by atoms with Crippen LogP contribution in [0.15, 0.2) is 12.3 Å². The number of hydrogen-bond donors (Lipinski definition) is 2. The van der Waals surface area contributed by atoms with Crippen LogP contribution in [0.4, 0.5) is 13.2 Å². The van der Waals surface area contributed by atoms with E-state index in [2.05, 4.69) is 12.2 Å². The van der Waals surface area contributed by atoms with Crippen molar-refractivity contribution < 1.29 is 32.6 Å². The van der Waals surface area contributed by atoms with E-state index in [1.807, 2.05) is 6.92 Å². The van der Waals surface area contributed by atoms with Crippen molar-refractivity contribution in [2.75, 3.05) is 20.3 Å². The van der Waals surface area contributed by atoms with E-state index in [9.17, 15) is 23.2 Å². The predicted molar refractivity (Wildman–Crippen MR) is 119 cm³/mol. The van der Waals surface area contributed by atoms with Crippen LogP contribution in [-0.2, 0) is 28.7 Å². The highest BCUT2D eigenvalue weighted by Crippen LogP contribution is 2.42. The van der Waals surface area contributed by atoms with Crippen molar-refractivity contribution in [2.45, 2.75) is 83.6 Å². The van der Waals surface area contributed by atoms with Crippen LogP contribution in [0, 0.1) is 17.3 Å². The largest absolute Gasteiger partial charge is 0.422 e. The first-order valence-electron chi connectivity index (χ1n) is 12.4. The maximum atomic E-state index is 13.6. The minimum Gasteiger partial charge on any atom is -0.384 e. The van der Waals surface area contributed by atoms with Crippen LogP contribution >= 0.6 is 0 Å². The second-order valence-corrected chi connectivity index (χ2v) is 10.8. The summed E-state index contributed by atoms with van der Waals surface area (Å²) in [5.41, 5.74) is -0.664. The smallest absolute Gasteiger partial charge is 0.384 e. The van der Waals surface area contributed by atoms with Gasteiger partial charge in [0.2, 0.25) is 17.8 Å². The molecule has 4 rings (SSSR count). The first-order valence-corrected chi connectivity index (χ1v) is 12.4. The second-order valence-electron chi connectivity index (χ2n) is 10.8. The molecule has 6 nitrogen and oxygen atoms in total. The van der Waals surface area contributed by atoms with Crippen molar-refractivity contribution in [2.24, 2.45) is 17.3 Å². The zero-order valence-corrected chi connectivity index (χ0v) is 20.3. The molecule has 190 valence electrons. The van der Waals surface area contributed by atoms with Crippen LogP contribution in [0.3, 0.4) is 0 Å². The third-order valence-corrected chi connectivity index (χ3v) is 8.25. The van der Waals surface area contributed by atoms with Gasteiger partial charge < -0.3 is 15.0 Å². The Bertz CT molecular complexity index is 907. The summed E-state index contributed by atoms with van der Waals surface area (Å²) in [6, 6.07) is 1.68. The van der Waals surface area contributed by atoms with Crippen LogP contribution in [0.25, 0.3) is 0 Å². The number of ether oxygens (including phenoxy) is 1. The highest BCUT2D eigenvalue weighted by molar-refractivity contribution is 5.83. The van der Waals surface area contributed by atoms with Crippen molar-refractivity contribution in [3.05, 3.63) is 29.1 Å². The van der Waals surface area contributed by atoms with Gasteiger partial charge in [-0.2, -0.15) is 13.2 Å². The zero-order chi connectivity index (χ0) is 24.7. The Morgan fingerprint density at radius 3 is 2.82 bits per heavy atom. The molecule has 0 radical (unpaired) electrons. The average molecular weight is 485 g/mol. The molecule has 1 aromatic heterocycles. The summed E-state index contributed by atoms with van der Waals surface area (Å²) in [7, 11) is 1.74. The second kappa shape index (κ2) is 9.64. The number of methoxy groups -OCH3 is 1. The first-order chi connectivity index (χ1) is 16.0. The molecule has 2 N–H and O–H groups in total. The molecule has 0 spiro atoms. The summed E-state index contributed by atoms with van der Waals surface area (Å²) in [5.74, 6) is 1.03. The summed E-state index contributed by atoms with van der Waals surface area (Å²) >= 11 is 0. The monoisotopic (exact) mass is 484 g/mol. The number of alkyl halides is 3. The van der Waals surface area contributed by atoms with E-state index in [0.29, 0.717) is 53.0 Å². The fraction of sp³-hybridized carbons (Fsp3) is 0.760. The number of hydrogen-bond acceptors (Lipinski definition) is 4. The SMILES string of the molecule is COCC1CCCC(C)C1NC1CC[C@](C)(C(=O)N2CCc3c(cc(C(F)(F)F)c[n+]3O)C2)C1. The molecule has 2 heterocycles. The van der Waals surface area contributed by atoms with Gasteiger partial charge in [-0.3, -0.25) is 10.0 Å². The number of nitrogens with zero attached hydrogens (tertiary/aromatic N) is 2. The average Bonchev–Trinajstić information content (AvgIpc) is 3.16. The van der Waals surface area contributed by atoms with Crippen molar-refractivity contribution in [3.8, 4) is 0 Å². The topological polar surface area (TPSA) is 65.7 Å². The fourth-order valence-electron chi connectivity index (χ4n) is 6.39. The minimum absolute atomic E-state index is 0.00511. The molecule has 9 heteroatoms. The summed E-state index contributed by atoms with van der Waals surface area (Å²) in [4.78, 5) is 15.2. The van der Waals surface area contributed by atoms with Gasteiger partial charge in [0.15, 0.2) is 0 Å². The van der Waals surface area contributed by atoms with E-state index in [-0.39, 0.29) is 18.5 Å². The Balaban J connectivity index is 1.43. The van der Waals surface area contributed by atoms with E-state index in [0.717, 1.165) is 38.4 Å². The highest BCUT2D eigenvalue weighted by atomic mass is 19.4. The van der Waals surface area contributed by atoms with E-state index in [1.54, 1.807) is 12.0 Å². The predicted octanol–water partition coefficient (Wildman–Crippen LogP) is 3.71. The lowest BCUT2D eigenvalue weighted by atomic mass is 9.77. The molecule has 0 aromatic carbocycles. The summed E-state index contributed by atoms with van der Waals surface area (Å²) < 4.78 is 45.7. The molecule has 2 fully saturated rings. The van der Waals surface area contributed by atoms with E-state index < -0.39 is 17.2 Å². The molecule has 5 atom stereocenters. The molecule has 1 aliphatic heterocycles. The number of rotatable bonds is 5.